The molecule has 1 saturated heterocycles. The van der Waals surface area contributed by atoms with Crippen molar-refractivity contribution in [3.63, 3.8) is 0 Å². The van der Waals surface area contributed by atoms with Crippen LogP contribution in [0.15, 0.2) is 24.3 Å². The zero-order chi connectivity index (χ0) is 15.9. The molecule has 0 bridgehead atoms. The van der Waals surface area contributed by atoms with Gasteiger partial charge in [-0.15, -0.1) is 0 Å². The van der Waals surface area contributed by atoms with E-state index in [0.29, 0.717) is 19.6 Å². The Morgan fingerprint density at radius 1 is 1.36 bits per heavy atom. The van der Waals surface area contributed by atoms with Crippen LogP contribution in [0.3, 0.4) is 0 Å². The van der Waals surface area contributed by atoms with Crippen LogP contribution in [0.4, 0.5) is 0 Å². The predicted octanol–water partition coefficient (Wildman–Crippen LogP) is 1.42. The Hall–Kier alpha value is -2.08. The van der Waals surface area contributed by atoms with Crippen molar-refractivity contribution in [2.75, 3.05) is 13.7 Å². The molecule has 0 aliphatic carbocycles. The number of amides is 1. The maximum absolute atomic E-state index is 11.9. The second-order valence-electron chi connectivity index (χ2n) is 5.15. The SMILES string of the molecule is COc1ccc(CNC(=O)[C@H](C)OC(=O)[C@@H]2CCCO2)cc1. The maximum atomic E-state index is 11.9. The van der Waals surface area contributed by atoms with Crippen LogP contribution in [-0.4, -0.2) is 37.8 Å². The smallest absolute Gasteiger partial charge is 0.336 e. The lowest BCUT2D eigenvalue weighted by molar-refractivity contribution is -0.163. The first-order valence-corrected chi connectivity index (χ1v) is 7.33. The first-order chi connectivity index (χ1) is 10.6. The Bertz CT molecular complexity index is 508. The van der Waals surface area contributed by atoms with E-state index in [4.69, 9.17) is 14.2 Å². The van der Waals surface area contributed by atoms with Gasteiger partial charge in [-0.1, -0.05) is 12.1 Å². The van der Waals surface area contributed by atoms with Crippen LogP contribution in [0.5, 0.6) is 5.75 Å². The highest BCUT2D eigenvalue weighted by Crippen LogP contribution is 2.14. The lowest BCUT2D eigenvalue weighted by Crippen LogP contribution is -2.37. The van der Waals surface area contributed by atoms with Gasteiger partial charge >= 0.3 is 5.97 Å². The number of carbonyl (C=O) groups excluding carboxylic acids is 2. The lowest BCUT2D eigenvalue weighted by Gasteiger charge is -2.16. The van der Waals surface area contributed by atoms with Gasteiger partial charge in [0.2, 0.25) is 0 Å². The summed E-state index contributed by atoms with van der Waals surface area (Å²) in [5.41, 5.74) is 0.937. The third kappa shape index (κ3) is 4.46. The topological polar surface area (TPSA) is 73.9 Å². The zero-order valence-electron chi connectivity index (χ0n) is 12.8. The third-order valence-electron chi connectivity index (χ3n) is 3.48. The standard InChI is InChI=1S/C16H21NO5/c1-11(22-16(19)14-4-3-9-21-14)15(18)17-10-12-5-7-13(20-2)8-6-12/h5-8,11,14H,3-4,9-10H2,1-2H3,(H,17,18)/t11-,14-/m0/s1. The summed E-state index contributed by atoms with van der Waals surface area (Å²) in [7, 11) is 1.60. The fraction of sp³-hybridized carbons (Fsp3) is 0.500. The van der Waals surface area contributed by atoms with Crippen LogP contribution in [-0.2, 0) is 25.6 Å². The van der Waals surface area contributed by atoms with Crippen LogP contribution in [0.2, 0.25) is 0 Å². The highest BCUT2D eigenvalue weighted by molar-refractivity contribution is 5.84. The van der Waals surface area contributed by atoms with Crippen LogP contribution in [0, 0.1) is 0 Å². The lowest BCUT2D eigenvalue weighted by atomic mass is 10.2. The molecule has 2 atom stereocenters. The second-order valence-corrected chi connectivity index (χ2v) is 5.15. The van der Waals surface area contributed by atoms with Crippen molar-refractivity contribution in [1.82, 2.24) is 5.32 Å². The van der Waals surface area contributed by atoms with E-state index in [0.717, 1.165) is 17.7 Å². The molecule has 1 N–H and O–H groups in total. The summed E-state index contributed by atoms with van der Waals surface area (Å²) < 4.78 is 15.4. The fourth-order valence-corrected chi connectivity index (χ4v) is 2.14. The number of rotatable bonds is 6. The van der Waals surface area contributed by atoms with Gasteiger partial charge in [-0.05, 0) is 37.5 Å². The minimum atomic E-state index is -0.838. The molecule has 1 fully saturated rings. The molecule has 1 heterocycles. The molecule has 1 aromatic carbocycles. The molecule has 6 heteroatoms. The van der Waals surface area contributed by atoms with Gasteiger partial charge in [-0.25, -0.2) is 4.79 Å². The van der Waals surface area contributed by atoms with Crippen molar-refractivity contribution >= 4 is 11.9 Å². The number of esters is 1. The highest BCUT2D eigenvalue weighted by Gasteiger charge is 2.28. The first kappa shape index (κ1) is 16.3. The number of nitrogens with one attached hydrogen (secondary N) is 1. The number of benzene rings is 1. The van der Waals surface area contributed by atoms with E-state index in [-0.39, 0.29) is 5.91 Å². The molecule has 6 nitrogen and oxygen atoms in total. The van der Waals surface area contributed by atoms with Crippen LogP contribution < -0.4 is 10.1 Å². The Morgan fingerprint density at radius 3 is 2.68 bits per heavy atom. The summed E-state index contributed by atoms with van der Waals surface area (Å²) in [6, 6.07) is 7.37. The molecule has 1 aromatic rings. The molecule has 0 aromatic heterocycles. The minimum Gasteiger partial charge on any atom is -0.497 e. The molecule has 120 valence electrons. The van der Waals surface area contributed by atoms with Crippen LogP contribution in [0.25, 0.3) is 0 Å². The Balaban J connectivity index is 1.76. The second kappa shape index (κ2) is 7.79. The van der Waals surface area contributed by atoms with Crippen LogP contribution >= 0.6 is 0 Å². The molecular formula is C16H21NO5. The van der Waals surface area contributed by atoms with Crippen molar-refractivity contribution in [1.29, 1.82) is 0 Å². The van der Waals surface area contributed by atoms with Crippen molar-refractivity contribution in [3.8, 4) is 5.75 Å². The monoisotopic (exact) mass is 307 g/mol. The largest absolute Gasteiger partial charge is 0.497 e. The van der Waals surface area contributed by atoms with E-state index in [1.807, 2.05) is 24.3 Å². The molecule has 22 heavy (non-hydrogen) atoms. The molecule has 1 amide bonds. The van der Waals surface area contributed by atoms with Gasteiger partial charge < -0.3 is 19.5 Å². The zero-order valence-corrected chi connectivity index (χ0v) is 12.8. The minimum absolute atomic E-state index is 0.331. The van der Waals surface area contributed by atoms with Crippen molar-refractivity contribution in [3.05, 3.63) is 29.8 Å². The van der Waals surface area contributed by atoms with Crippen molar-refractivity contribution in [2.45, 2.75) is 38.5 Å². The molecular weight excluding hydrogens is 286 g/mol. The van der Waals surface area contributed by atoms with Gasteiger partial charge in [-0.2, -0.15) is 0 Å². The first-order valence-electron chi connectivity index (χ1n) is 7.33. The van der Waals surface area contributed by atoms with Crippen molar-refractivity contribution < 1.29 is 23.8 Å². The number of ether oxygens (including phenoxy) is 3. The quantitative estimate of drug-likeness (QED) is 0.805. The van der Waals surface area contributed by atoms with E-state index in [1.54, 1.807) is 14.0 Å². The molecule has 0 spiro atoms. The normalized spacial score (nSPS) is 18.5. The van der Waals surface area contributed by atoms with Gasteiger partial charge in [0.25, 0.3) is 5.91 Å². The van der Waals surface area contributed by atoms with E-state index in [9.17, 15) is 9.59 Å². The number of hydrogen-bond donors (Lipinski definition) is 1. The van der Waals surface area contributed by atoms with Gasteiger partial charge in [0.15, 0.2) is 12.2 Å². The summed E-state index contributed by atoms with van der Waals surface area (Å²) >= 11 is 0. The third-order valence-corrected chi connectivity index (χ3v) is 3.48. The Kier molecular flexibility index (Phi) is 5.77. The average molecular weight is 307 g/mol. The van der Waals surface area contributed by atoms with E-state index in [2.05, 4.69) is 5.32 Å². The predicted molar refractivity (Wildman–Crippen MR) is 79.4 cm³/mol. The van der Waals surface area contributed by atoms with Crippen molar-refractivity contribution in [2.24, 2.45) is 0 Å². The number of carbonyl (C=O) groups is 2. The van der Waals surface area contributed by atoms with Gasteiger partial charge in [0, 0.05) is 13.2 Å². The Morgan fingerprint density at radius 2 is 2.09 bits per heavy atom. The summed E-state index contributed by atoms with van der Waals surface area (Å²) in [4.78, 5) is 23.7. The molecule has 2 rings (SSSR count). The molecule has 1 aliphatic heterocycles. The van der Waals surface area contributed by atoms with Crippen LogP contribution in [0.1, 0.15) is 25.3 Å². The average Bonchev–Trinajstić information content (AvgIpc) is 3.07. The number of methoxy groups -OCH3 is 1. The highest BCUT2D eigenvalue weighted by atomic mass is 16.6. The summed E-state index contributed by atoms with van der Waals surface area (Å²) in [5, 5.41) is 2.73. The molecule has 0 saturated carbocycles. The summed E-state index contributed by atoms with van der Waals surface area (Å²) in [6.45, 7) is 2.48. The fourth-order valence-electron chi connectivity index (χ4n) is 2.14. The van der Waals surface area contributed by atoms with E-state index < -0.39 is 18.2 Å². The molecule has 1 aliphatic rings. The Labute approximate surface area is 129 Å². The van der Waals surface area contributed by atoms with E-state index >= 15 is 0 Å². The molecule has 0 unspecified atom stereocenters. The molecule has 0 radical (unpaired) electrons. The summed E-state index contributed by atoms with van der Waals surface area (Å²) in [6.07, 6.45) is 0.128. The van der Waals surface area contributed by atoms with Gasteiger partial charge in [-0.3, -0.25) is 4.79 Å². The van der Waals surface area contributed by atoms with Gasteiger partial charge in [0.05, 0.1) is 7.11 Å². The van der Waals surface area contributed by atoms with Gasteiger partial charge in [0.1, 0.15) is 5.75 Å². The summed E-state index contributed by atoms with van der Waals surface area (Å²) in [5.74, 6) is -0.0410. The maximum Gasteiger partial charge on any atom is 0.336 e. The number of hydrogen-bond acceptors (Lipinski definition) is 5. The van der Waals surface area contributed by atoms with E-state index in [1.165, 1.54) is 0 Å².